The van der Waals surface area contributed by atoms with Crippen LogP contribution in [0.3, 0.4) is 0 Å². The van der Waals surface area contributed by atoms with Gasteiger partial charge in [0.2, 0.25) is 0 Å². The Bertz CT molecular complexity index is 263. The number of aliphatic hydroxyl groups excluding tert-OH is 1. The molecule has 0 spiro atoms. The van der Waals surface area contributed by atoms with Crippen LogP contribution < -0.4 is 0 Å². The number of unbranched alkanes of at least 4 members (excludes halogenated alkanes) is 6. The topological polar surface area (TPSA) is 66.8 Å². The molecular weight excluding hydrogens is 256 g/mol. The van der Waals surface area contributed by atoms with Gasteiger partial charge in [0.1, 0.15) is 0 Å². The molecular formula is C16H30O4. The van der Waals surface area contributed by atoms with E-state index in [-0.39, 0.29) is 12.2 Å². The Morgan fingerprint density at radius 2 is 1.75 bits per heavy atom. The van der Waals surface area contributed by atoms with E-state index in [1.54, 1.807) is 0 Å². The lowest BCUT2D eigenvalue weighted by Crippen LogP contribution is -2.16. The largest absolute Gasteiger partial charge is 0.478 e. The smallest absolute Gasteiger partial charge is 0.330 e. The molecule has 4 nitrogen and oxygen atoms in total. The number of aliphatic hydroxyl groups is 1. The summed E-state index contributed by atoms with van der Waals surface area (Å²) in [4.78, 5) is 10.5. The van der Waals surface area contributed by atoms with Crippen LogP contribution in [0.4, 0.5) is 0 Å². The molecule has 0 aromatic heterocycles. The van der Waals surface area contributed by atoms with Crippen molar-refractivity contribution in [2.24, 2.45) is 0 Å². The zero-order valence-corrected chi connectivity index (χ0v) is 12.8. The maximum atomic E-state index is 10.5. The number of ether oxygens (including phenoxy) is 1. The van der Waals surface area contributed by atoms with E-state index in [0.717, 1.165) is 6.42 Å². The van der Waals surface area contributed by atoms with Crippen molar-refractivity contribution < 1.29 is 19.7 Å². The molecule has 1 unspecified atom stereocenters. The molecule has 0 aliphatic rings. The van der Waals surface area contributed by atoms with Crippen LogP contribution in [0.1, 0.15) is 64.7 Å². The van der Waals surface area contributed by atoms with Gasteiger partial charge >= 0.3 is 5.97 Å². The molecule has 20 heavy (non-hydrogen) atoms. The highest BCUT2D eigenvalue weighted by Gasteiger charge is 2.09. The minimum atomic E-state index is -0.999. The van der Waals surface area contributed by atoms with E-state index in [0.29, 0.717) is 19.4 Å². The van der Waals surface area contributed by atoms with E-state index in [2.05, 4.69) is 13.5 Å². The molecule has 0 amide bonds. The fraction of sp³-hybridized carbons (Fsp3) is 0.812. The van der Waals surface area contributed by atoms with E-state index in [1.165, 1.54) is 38.5 Å². The van der Waals surface area contributed by atoms with Crippen molar-refractivity contribution in [2.45, 2.75) is 70.8 Å². The predicted octanol–water partition coefficient (Wildman–Crippen LogP) is 3.54. The van der Waals surface area contributed by atoms with Gasteiger partial charge in [-0.15, -0.1) is 0 Å². The molecule has 1 atom stereocenters. The van der Waals surface area contributed by atoms with Gasteiger partial charge in [-0.2, -0.15) is 0 Å². The van der Waals surface area contributed by atoms with Crippen molar-refractivity contribution in [3.8, 4) is 0 Å². The minimum Gasteiger partial charge on any atom is -0.478 e. The summed E-state index contributed by atoms with van der Waals surface area (Å²) in [5.41, 5.74) is 0.135. The minimum absolute atomic E-state index is 0.135. The van der Waals surface area contributed by atoms with Gasteiger partial charge in [-0.3, -0.25) is 0 Å². The molecule has 0 saturated carbocycles. The van der Waals surface area contributed by atoms with Crippen LogP contribution in [0, 0.1) is 0 Å². The number of hydrogen-bond acceptors (Lipinski definition) is 3. The molecule has 0 saturated heterocycles. The first kappa shape index (κ1) is 19.1. The SMILES string of the molecule is C=C(CCC(O)COCCCCCCCCC)C(=O)O. The normalized spacial score (nSPS) is 12.3. The second-order valence-electron chi connectivity index (χ2n) is 5.30. The lowest BCUT2D eigenvalue weighted by Gasteiger charge is -2.11. The summed E-state index contributed by atoms with van der Waals surface area (Å²) < 4.78 is 5.39. The Balaban J connectivity index is 3.29. The first-order chi connectivity index (χ1) is 9.57. The van der Waals surface area contributed by atoms with Crippen molar-refractivity contribution in [3.63, 3.8) is 0 Å². The van der Waals surface area contributed by atoms with Gasteiger partial charge < -0.3 is 14.9 Å². The maximum Gasteiger partial charge on any atom is 0.330 e. The van der Waals surface area contributed by atoms with Crippen LogP contribution in [0.25, 0.3) is 0 Å². The average molecular weight is 286 g/mol. The lowest BCUT2D eigenvalue weighted by molar-refractivity contribution is -0.132. The standard InChI is InChI=1S/C16H30O4/c1-3-4-5-6-7-8-9-12-20-13-15(17)11-10-14(2)16(18)19/h15,17H,2-13H2,1H3,(H,18,19). The summed E-state index contributed by atoms with van der Waals surface area (Å²) in [5.74, 6) is -0.999. The molecule has 0 bridgehead atoms. The van der Waals surface area contributed by atoms with E-state index < -0.39 is 12.1 Å². The third-order valence-electron chi connectivity index (χ3n) is 3.28. The number of carbonyl (C=O) groups is 1. The monoisotopic (exact) mass is 286 g/mol. The van der Waals surface area contributed by atoms with Crippen LogP contribution in [0.15, 0.2) is 12.2 Å². The van der Waals surface area contributed by atoms with Crippen LogP contribution >= 0.6 is 0 Å². The van der Waals surface area contributed by atoms with Gasteiger partial charge in [0.15, 0.2) is 0 Å². The van der Waals surface area contributed by atoms with Gasteiger partial charge in [0.05, 0.1) is 12.7 Å². The zero-order chi connectivity index (χ0) is 15.2. The molecule has 2 N–H and O–H groups in total. The predicted molar refractivity (Wildman–Crippen MR) is 80.8 cm³/mol. The highest BCUT2D eigenvalue weighted by Crippen LogP contribution is 2.08. The van der Waals surface area contributed by atoms with E-state index in [4.69, 9.17) is 9.84 Å². The van der Waals surface area contributed by atoms with E-state index in [9.17, 15) is 9.90 Å². The Morgan fingerprint density at radius 3 is 2.35 bits per heavy atom. The summed E-state index contributed by atoms with van der Waals surface area (Å²) in [7, 11) is 0. The third kappa shape index (κ3) is 12.2. The second-order valence-corrected chi connectivity index (χ2v) is 5.30. The highest BCUT2D eigenvalue weighted by molar-refractivity contribution is 5.85. The van der Waals surface area contributed by atoms with Crippen LogP contribution in [-0.2, 0) is 9.53 Å². The molecule has 0 aromatic carbocycles. The molecule has 0 aliphatic carbocycles. The van der Waals surface area contributed by atoms with Crippen molar-refractivity contribution in [1.29, 1.82) is 0 Å². The molecule has 0 aliphatic heterocycles. The fourth-order valence-electron chi connectivity index (χ4n) is 1.91. The number of rotatable bonds is 14. The summed E-state index contributed by atoms with van der Waals surface area (Å²) >= 11 is 0. The van der Waals surface area contributed by atoms with Gasteiger partial charge in [-0.1, -0.05) is 52.0 Å². The molecule has 0 rings (SSSR count). The third-order valence-corrected chi connectivity index (χ3v) is 3.28. The van der Waals surface area contributed by atoms with Crippen LogP contribution in [0.5, 0.6) is 0 Å². The van der Waals surface area contributed by atoms with Crippen molar-refractivity contribution in [1.82, 2.24) is 0 Å². The van der Waals surface area contributed by atoms with Crippen molar-refractivity contribution in [2.75, 3.05) is 13.2 Å². The first-order valence-corrected chi connectivity index (χ1v) is 7.74. The van der Waals surface area contributed by atoms with E-state index >= 15 is 0 Å². The average Bonchev–Trinajstić information content (AvgIpc) is 2.42. The molecule has 0 aromatic rings. The Hall–Kier alpha value is -0.870. The summed E-state index contributed by atoms with van der Waals surface area (Å²) in [5, 5.41) is 18.3. The Labute approximate surface area is 122 Å². The number of carboxylic acid groups (broad SMARTS) is 1. The number of aliphatic carboxylic acids is 1. The lowest BCUT2D eigenvalue weighted by atomic mass is 10.1. The number of carboxylic acids is 1. The molecule has 0 radical (unpaired) electrons. The quantitative estimate of drug-likeness (QED) is 0.378. The number of hydrogen-bond donors (Lipinski definition) is 2. The Kier molecular flexibility index (Phi) is 12.6. The first-order valence-electron chi connectivity index (χ1n) is 7.74. The molecule has 0 heterocycles. The molecule has 0 fully saturated rings. The highest BCUT2D eigenvalue weighted by atomic mass is 16.5. The van der Waals surface area contributed by atoms with Gasteiger partial charge in [0.25, 0.3) is 0 Å². The van der Waals surface area contributed by atoms with E-state index in [1.807, 2.05) is 0 Å². The van der Waals surface area contributed by atoms with Crippen molar-refractivity contribution in [3.05, 3.63) is 12.2 Å². The maximum absolute atomic E-state index is 10.5. The molecule has 4 heteroatoms. The fourth-order valence-corrected chi connectivity index (χ4v) is 1.91. The Morgan fingerprint density at radius 1 is 1.15 bits per heavy atom. The summed E-state index contributed by atoms with van der Waals surface area (Å²) in [6.07, 6.45) is 8.77. The summed E-state index contributed by atoms with van der Waals surface area (Å²) in [6, 6.07) is 0. The van der Waals surface area contributed by atoms with Crippen molar-refractivity contribution >= 4 is 5.97 Å². The van der Waals surface area contributed by atoms with Crippen LogP contribution in [0.2, 0.25) is 0 Å². The summed E-state index contributed by atoms with van der Waals surface area (Å²) in [6.45, 7) is 6.59. The van der Waals surface area contributed by atoms with Gasteiger partial charge in [0, 0.05) is 12.2 Å². The zero-order valence-electron chi connectivity index (χ0n) is 12.8. The van der Waals surface area contributed by atoms with Crippen LogP contribution in [-0.4, -0.2) is 35.5 Å². The second kappa shape index (κ2) is 13.1. The molecule has 118 valence electrons. The van der Waals surface area contributed by atoms with Gasteiger partial charge in [-0.25, -0.2) is 4.79 Å². The van der Waals surface area contributed by atoms with Gasteiger partial charge in [-0.05, 0) is 19.3 Å².